The molecule has 8 heteroatoms. The minimum Gasteiger partial charge on any atom is -0.481 e. The number of aromatic nitrogens is 2. The predicted molar refractivity (Wildman–Crippen MR) is 89.5 cm³/mol. The number of carboxylic acids is 1. The van der Waals surface area contributed by atoms with Gasteiger partial charge in [-0.15, -0.1) is 0 Å². The maximum absolute atomic E-state index is 12.5. The summed E-state index contributed by atoms with van der Waals surface area (Å²) in [5.74, 6) is -0.887. The van der Waals surface area contributed by atoms with Crippen molar-refractivity contribution in [2.75, 3.05) is 18.4 Å². The van der Waals surface area contributed by atoms with Crippen molar-refractivity contribution in [1.82, 2.24) is 14.7 Å². The molecule has 0 aliphatic carbocycles. The zero-order valence-corrected chi connectivity index (χ0v) is 13.8. The van der Waals surface area contributed by atoms with E-state index in [4.69, 9.17) is 11.6 Å². The van der Waals surface area contributed by atoms with Crippen LogP contribution in [0.1, 0.15) is 13.3 Å². The third-order valence-electron chi connectivity index (χ3n) is 4.23. The number of carboxylic acid groups (broad SMARTS) is 1. The minimum atomic E-state index is -0.901. The summed E-state index contributed by atoms with van der Waals surface area (Å²) < 4.78 is 1.60. The highest BCUT2D eigenvalue weighted by Gasteiger charge is 2.42. The fraction of sp³-hybridized carbons (Fsp3) is 0.312. The molecule has 1 aliphatic rings. The lowest BCUT2D eigenvalue weighted by atomic mass is 9.90. The molecule has 0 radical (unpaired) electrons. The van der Waals surface area contributed by atoms with Crippen LogP contribution in [0.4, 0.5) is 10.5 Å². The summed E-state index contributed by atoms with van der Waals surface area (Å²) in [5.41, 5.74) is 0.292. The quantitative estimate of drug-likeness (QED) is 0.892. The number of carbonyl (C=O) groups excluding carboxylic acids is 1. The Kier molecular flexibility index (Phi) is 4.19. The summed E-state index contributed by atoms with van der Waals surface area (Å²) in [6.45, 7) is 2.23. The Morgan fingerprint density at radius 3 is 2.83 bits per heavy atom. The second kappa shape index (κ2) is 6.16. The summed E-state index contributed by atoms with van der Waals surface area (Å²) in [4.78, 5) is 25.3. The average molecular weight is 349 g/mol. The van der Waals surface area contributed by atoms with E-state index in [1.54, 1.807) is 48.3 Å². The first-order chi connectivity index (χ1) is 11.4. The lowest BCUT2D eigenvalue weighted by molar-refractivity contribution is -0.146. The normalized spacial score (nSPS) is 20.2. The molecule has 3 rings (SSSR count). The first kappa shape index (κ1) is 16.3. The molecule has 2 heterocycles. The molecule has 2 aromatic rings. The number of hydrogen-bond acceptors (Lipinski definition) is 3. The molecule has 0 bridgehead atoms. The molecular formula is C16H17ClN4O3. The molecule has 0 spiro atoms. The molecule has 1 aromatic heterocycles. The number of halogens is 1. The topological polar surface area (TPSA) is 87.5 Å². The zero-order chi connectivity index (χ0) is 17.3. The summed E-state index contributed by atoms with van der Waals surface area (Å²) in [5, 5.41) is 16.8. The number of amides is 2. The van der Waals surface area contributed by atoms with E-state index >= 15 is 0 Å². The van der Waals surface area contributed by atoms with Crippen LogP contribution in [0.5, 0.6) is 0 Å². The zero-order valence-electron chi connectivity index (χ0n) is 13.1. The largest absolute Gasteiger partial charge is 0.481 e. The molecule has 24 heavy (non-hydrogen) atoms. The molecule has 1 aromatic carbocycles. The van der Waals surface area contributed by atoms with E-state index in [9.17, 15) is 14.7 Å². The van der Waals surface area contributed by atoms with Crippen molar-refractivity contribution >= 4 is 29.3 Å². The number of aliphatic carboxylic acids is 1. The van der Waals surface area contributed by atoms with Gasteiger partial charge in [-0.1, -0.05) is 11.6 Å². The van der Waals surface area contributed by atoms with Gasteiger partial charge in [0, 0.05) is 30.5 Å². The first-order valence-electron chi connectivity index (χ1n) is 7.48. The molecule has 1 aliphatic heterocycles. The molecule has 0 saturated carbocycles. The summed E-state index contributed by atoms with van der Waals surface area (Å²) >= 11 is 6.04. The van der Waals surface area contributed by atoms with E-state index in [0.717, 1.165) is 0 Å². The highest BCUT2D eigenvalue weighted by atomic mass is 35.5. The van der Waals surface area contributed by atoms with Gasteiger partial charge in [0.1, 0.15) is 0 Å². The number of anilines is 1. The van der Waals surface area contributed by atoms with Crippen LogP contribution in [-0.4, -0.2) is 44.9 Å². The van der Waals surface area contributed by atoms with E-state index in [1.807, 2.05) is 0 Å². The van der Waals surface area contributed by atoms with Gasteiger partial charge >= 0.3 is 12.0 Å². The van der Waals surface area contributed by atoms with Gasteiger partial charge in [0.2, 0.25) is 0 Å². The summed E-state index contributed by atoms with van der Waals surface area (Å²) in [7, 11) is 0. The van der Waals surface area contributed by atoms with Crippen LogP contribution in [0.3, 0.4) is 0 Å². The fourth-order valence-electron chi connectivity index (χ4n) is 2.71. The van der Waals surface area contributed by atoms with Gasteiger partial charge in [-0.2, -0.15) is 5.10 Å². The van der Waals surface area contributed by atoms with Gasteiger partial charge < -0.3 is 15.3 Å². The van der Waals surface area contributed by atoms with Crippen LogP contribution in [0.15, 0.2) is 36.7 Å². The van der Waals surface area contributed by atoms with E-state index in [2.05, 4.69) is 10.4 Å². The van der Waals surface area contributed by atoms with Crippen LogP contribution in [0.25, 0.3) is 5.69 Å². The van der Waals surface area contributed by atoms with Crippen LogP contribution in [0.2, 0.25) is 5.02 Å². The molecule has 1 atom stereocenters. The SMILES string of the molecule is CC1(C(=O)O)CCN(C(=O)Nc2ccc(Cl)cc2-n2cccn2)C1. The van der Waals surface area contributed by atoms with Crippen molar-refractivity contribution in [2.24, 2.45) is 5.41 Å². The Balaban J connectivity index is 1.80. The third-order valence-corrected chi connectivity index (χ3v) is 4.46. The van der Waals surface area contributed by atoms with Gasteiger partial charge in [-0.25, -0.2) is 9.48 Å². The second-order valence-electron chi connectivity index (χ2n) is 6.08. The number of hydrogen-bond donors (Lipinski definition) is 2. The molecular weight excluding hydrogens is 332 g/mol. The number of nitrogens with zero attached hydrogens (tertiary/aromatic N) is 3. The fourth-order valence-corrected chi connectivity index (χ4v) is 2.88. The molecule has 7 nitrogen and oxygen atoms in total. The monoisotopic (exact) mass is 348 g/mol. The highest BCUT2D eigenvalue weighted by Crippen LogP contribution is 2.31. The minimum absolute atomic E-state index is 0.179. The van der Waals surface area contributed by atoms with Crippen molar-refractivity contribution < 1.29 is 14.7 Å². The van der Waals surface area contributed by atoms with Crippen molar-refractivity contribution in [3.8, 4) is 5.69 Å². The van der Waals surface area contributed by atoms with Crippen LogP contribution in [0, 0.1) is 5.41 Å². The number of nitrogens with one attached hydrogen (secondary N) is 1. The Morgan fingerprint density at radius 2 is 2.21 bits per heavy atom. The molecule has 126 valence electrons. The van der Waals surface area contributed by atoms with Crippen molar-refractivity contribution in [3.63, 3.8) is 0 Å². The average Bonchev–Trinajstić information content (AvgIpc) is 3.19. The summed E-state index contributed by atoms with van der Waals surface area (Å²) in [6, 6.07) is 6.51. The summed E-state index contributed by atoms with van der Waals surface area (Å²) in [6.07, 6.45) is 3.81. The standard InChI is InChI=1S/C16H17ClN4O3/c1-16(14(22)23)5-8-20(10-16)15(24)19-12-4-3-11(17)9-13(12)21-7-2-6-18-21/h2-4,6-7,9H,5,8,10H2,1H3,(H,19,24)(H,22,23). The first-order valence-corrected chi connectivity index (χ1v) is 7.86. The number of urea groups is 1. The Morgan fingerprint density at radius 1 is 1.42 bits per heavy atom. The van der Waals surface area contributed by atoms with E-state index in [0.29, 0.717) is 29.4 Å². The molecule has 1 fully saturated rings. The lowest BCUT2D eigenvalue weighted by Gasteiger charge is -2.21. The Hall–Kier alpha value is -2.54. The smallest absolute Gasteiger partial charge is 0.321 e. The third kappa shape index (κ3) is 3.07. The van der Waals surface area contributed by atoms with Crippen LogP contribution in [-0.2, 0) is 4.79 Å². The number of rotatable bonds is 3. The number of carbonyl (C=O) groups is 2. The van der Waals surface area contributed by atoms with Gasteiger partial charge in [0.25, 0.3) is 0 Å². The van der Waals surface area contributed by atoms with Crippen LogP contribution >= 0.6 is 11.6 Å². The maximum Gasteiger partial charge on any atom is 0.321 e. The van der Waals surface area contributed by atoms with Crippen molar-refractivity contribution in [1.29, 1.82) is 0 Å². The predicted octanol–water partition coefficient (Wildman–Crippen LogP) is 2.85. The Bertz CT molecular complexity index is 778. The van der Waals surface area contributed by atoms with E-state index in [1.165, 1.54) is 4.90 Å². The Labute approximate surface area is 143 Å². The number of benzene rings is 1. The highest BCUT2D eigenvalue weighted by molar-refractivity contribution is 6.30. The van der Waals surface area contributed by atoms with E-state index in [-0.39, 0.29) is 12.6 Å². The number of likely N-dealkylation sites (tertiary alicyclic amines) is 1. The van der Waals surface area contributed by atoms with Gasteiger partial charge in [0.05, 0.1) is 16.8 Å². The molecule has 1 saturated heterocycles. The molecule has 2 N–H and O–H groups in total. The van der Waals surface area contributed by atoms with Crippen molar-refractivity contribution in [3.05, 3.63) is 41.7 Å². The lowest BCUT2D eigenvalue weighted by Crippen LogP contribution is -2.37. The molecule has 2 amide bonds. The molecule has 1 unspecified atom stereocenters. The second-order valence-corrected chi connectivity index (χ2v) is 6.52. The van der Waals surface area contributed by atoms with Crippen molar-refractivity contribution in [2.45, 2.75) is 13.3 Å². The van der Waals surface area contributed by atoms with Gasteiger partial charge in [-0.05, 0) is 37.6 Å². The van der Waals surface area contributed by atoms with Crippen LogP contribution < -0.4 is 5.32 Å². The van der Waals surface area contributed by atoms with Gasteiger partial charge in [0.15, 0.2) is 0 Å². The van der Waals surface area contributed by atoms with Gasteiger partial charge in [-0.3, -0.25) is 4.79 Å². The van der Waals surface area contributed by atoms with E-state index < -0.39 is 11.4 Å². The maximum atomic E-state index is 12.5.